The van der Waals surface area contributed by atoms with E-state index >= 15 is 0 Å². The number of hydrogen-bond acceptors (Lipinski definition) is 12. The first-order valence-corrected chi connectivity index (χ1v) is 26.4. The van der Waals surface area contributed by atoms with Crippen molar-refractivity contribution in [3.8, 4) is 0 Å². The quantitative estimate of drug-likeness (QED) is 0.0146. The monoisotopic (exact) mass is 929 g/mol. The van der Waals surface area contributed by atoms with Crippen LogP contribution in [0.25, 0.3) is 0 Å². The first-order chi connectivity index (χ1) is 30.9. The molecule has 0 spiro atoms. The molecule has 1 fully saturated rings. The molecule has 0 aromatic rings. The van der Waals surface area contributed by atoms with Crippen molar-refractivity contribution in [3.63, 3.8) is 0 Å². The van der Waals surface area contributed by atoms with Crippen molar-refractivity contribution in [3.05, 3.63) is 48.6 Å². The fraction of sp³-hybridized carbons (Fsp3) is 0.800. The normalized spacial score (nSPS) is 21.9. The minimum absolute atomic E-state index is 0.0795. The van der Waals surface area contributed by atoms with Gasteiger partial charge >= 0.3 is 19.8 Å². The Balaban J connectivity index is 2.44. The number of rotatable bonds is 41. The van der Waals surface area contributed by atoms with E-state index in [4.69, 9.17) is 18.5 Å². The lowest BCUT2D eigenvalue weighted by Gasteiger charge is -2.41. The maximum Gasteiger partial charge on any atom is 0.472 e. The first kappa shape index (κ1) is 59.8. The minimum atomic E-state index is -5.13. The molecular formula is C50H89O13P. The Hall–Kier alpha value is -2.19. The Labute approximate surface area is 386 Å². The highest BCUT2D eigenvalue weighted by Gasteiger charge is 2.51. The highest BCUT2D eigenvalue weighted by atomic mass is 31.2. The van der Waals surface area contributed by atoms with Gasteiger partial charge in [-0.1, -0.05) is 159 Å². The summed E-state index contributed by atoms with van der Waals surface area (Å²) in [5, 5.41) is 50.2. The van der Waals surface area contributed by atoms with E-state index in [9.17, 15) is 44.6 Å². The van der Waals surface area contributed by atoms with Gasteiger partial charge in [0.05, 0.1) is 6.61 Å². The van der Waals surface area contributed by atoms with Gasteiger partial charge in [0.1, 0.15) is 43.2 Å². The number of carbonyl (C=O) groups excluding carboxylic acids is 2. The summed E-state index contributed by atoms with van der Waals surface area (Å²) in [5.41, 5.74) is 0. The van der Waals surface area contributed by atoms with Crippen LogP contribution >= 0.6 is 7.82 Å². The zero-order valence-electron chi connectivity index (χ0n) is 39.6. The summed E-state index contributed by atoms with van der Waals surface area (Å²) < 4.78 is 33.6. The molecule has 0 aromatic heterocycles. The third-order valence-corrected chi connectivity index (χ3v) is 12.4. The third-order valence-electron chi connectivity index (χ3n) is 11.4. The Morgan fingerprint density at radius 3 is 1.33 bits per heavy atom. The number of ether oxygens (including phenoxy) is 2. The van der Waals surface area contributed by atoms with Gasteiger partial charge in [0.25, 0.3) is 0 Å². The van der Waals surface area contributed by atoms with E-state index in [2.05, 4.69) is 62.5 Å². The third kappa shape index (κ3) is 31.7. The van der Waals surface area contributed by atoms with Gasteiger partial charge in [-0.05, 0) is 77.0 Å². The van der Waals surface area contributed by atoms with Gasteiger partial charge < -0.3 is 39.9 Å². The molecule has 0 amide bonds. The molecule has 1 aliphatic rings. The molecule has 0 radical (unpaired) electrons. The molecule has 6 N–H and O–H groups in total. The van der Waals surface area contributed by atoms with Crippen molar-refractivity contribution >= 4 is 19.8 Å². The average Bonchev–Trinajstić information content (AvgIpc) is 3.28. The van der Waals surface area contributed by atoms with Crippen LogP contribution in [0, 0.1) is 0 Å². The van der Waals surface area contributed by atoms with E-state index in [1.165, 1.54) is 64.2 Å². The highest BCUT2D eigenvalue weighted by molar-refractivity contribution is 7.47. The maximum atomic E-state index is 12.8. The van der Waals surface area contributed by atoms with Crippen LogP contribution in [-0.2, 0) is 32.7 Å². The largest absolute Gasteiger partial charge is 0.472 e. The van der Waals surface area contributed by atoms with Gasteiger partial charge in [0.2, 0.25) is 0 Å². The van der Waals surface area contributed by atoms with Gasteiger partial charge in [0.15, 0.2) is 6.10 Å². The second-order valence-corrected chi connectivity index (χ2v) is 18.7. The number of aliphatic hydroxyl groups is 5. The van der Waals surface area contributed by atoms with E-state index in [0.717, 1.165) is 96.3 Å². The molecule has 0 saturated heterocycles. The highest BCUT2D eigenvalue weighted by Crippen LogP contribution is 2.47. The van der Waals surface area contributed by atoms with Crippen LogP contribution < -0.4 is 0 Å². The minimum Gasteiger partial charge on any atom is -0.462 e. The van der Waals surface area contributed by atoms with Gasteiger partial charge in [-0.25, -0.2) is 4.57 Å². The lowest BCUT2D eigenvalue weighted by atomic mass is 9.85. The fourth-order valence-electron chi connectivity index (χ4n) is 7.35. The van der Waals surface area contributed by atoms with Crippen molar-refractivity contribution < 1.29 is 63.1 Å². The number of aliphatic hydroxyl groups excluding tert-OH is 5. The number of unbranched alkanes of at least 4 members (excludes halogenated alkanes) is 21. The summed E-state index contributed by atoms with van der Waals surface area (Å²) in [6.07, 6.45) is 34.4. The summed E-state index contributed by atoms with van der Waals surface area (Å²) >= 11 is 0. The van der Waals surface area contributed by atoms with Crippen molar-refractivity contribution in [2.45, 2.75) is 243 Å². The van der Waals surface area contributed by atoms with Crippen molar-refractivity contribution in [2.24, 2.45) is 0 Å². The zero-order valence-corrected chi connectivity index (χ0v) is 40.5. The van der Waals surface area contributed by atoms with Crippen LogP contribution in [0.4, 0.5) is 0 Å². The Kier molecular flexibility index (Phi) is 37.3. The number of carbonyl (C=O) groups is 2. The van der Waals surface area contributed by atoms with Crippen molar-refractivity contribution in [1.29, 1.82) is 0 Å². The van der Waals surface area contributed by atoms with Crippen LogP contribution in [0.1, 0.15) is 200 Å². The Morgan fingerprint density at radius 2 is 0.844 bits per heavy atom. The lowest BCUT2D eigenvalue weighted by Crippen LogP contribution is -2.64. The molecule has 1 saturated carbocycles. The van der Waals surface area contributed by atoms with Crippen LogP contribution in [0.2, 0.25) is 0 Å². The molecule has 14 heteroatoms. The van der Waals surface area contributed by atoms with E-state index in [-0.39, 0.29) is 12.8 Å². The number of phosphoric ester groups is 1. The van der Waals surface area contributed by atoms with Crippen LogP contribution in [-0.4, -0.2) is 98.3 Å². The topological polar surface area (TPSA) is 210 Å². The smallest absolute Gasteiger partial charge is 0.462 e. The molecule has 6 unspecified atom stereocenters. The zero-order chi connectivity index (χ0) is 47.1. The summed E-state index contributed by atoms with van der Waals surface area (Å²) in [5.74, 6) is -1.12. The summed E-state index contributed by atoms with van der Waals surface area (Å²) in [6.45, 7) is 3.26. The second kappa shape index (κ2) is 39.9. The van der Waals surface area contributed by atoms with Crippen LogP contribution in [0.3, 0.4) is 0 Å². The number of phosphoric acid groups is 1. The molecule has 1 aliphatic carbocycles. The van der Waals surface area contributed by atoms with Crippen molar-refractivity contribution in [2.75, 3.05) is 13.2 Å². The van der Waals surface area contributed by atoms with Crippen LogP contribution in [0.15, 0.2) is 48.6 Å². The van der Waals surface area contributed by atoms with E-state index in [1.807, 2.05) is 0 Å². The lowest BCUT2D eigenvalue weighted by molar-refractivity contribution is -0.220. The molecule has 0 aliphatic heterocycles. The molecule has 372 valence electrons. The predicted octanol–water partition coefficient (Wildman–Crippen LogP) is 10.3. The summed E-state index contributed by atoms with van der Waals surface area (Å²) in [6, 6.07) is 0. The Morgan fingerprint density at radius 1 is 0.484 bits per heavy atom. The molecular weight excluding hydrogens is 840 g/mol. The average molecular weight is 929 g/mol. The fourth-order valence-corrected chi connectivity index (χ4v) is 8.32. The van der Waals surface area contributed by atoms with Gasteiger partial charge in [-0.15, -0.1) is 0 Å². The first-order valence-electron chi connectivity index (χ1n) is 24.9. The van der Waals surface area contributed by atoms with E-state index < -0.39 is 75.7 Å². The van der Waals surface area contributed by atoms with E-state index in [1.54, 1.807) is 0 Å². The van der Waals surface area contributed by atoms with Crippen molar-refractivity contribution in [1.82, 2.24) is 0 Å². The molecule has 13 nitrogen and oxygen atoms in total. The van der Waals surface area contributed by atoms with Crippen LogP contribution in [0.5, 0.6) is 0 Å². The number of hydrogen-bond donors (Lipinski definition) is 6. The van der Waals surface area contributed by atoms with Gasteiger partial charge in [0, 0.05) is 12.8 Å². The second-order valence-electron chi connectivity index (χ2n) is 17.3. The number of allylic oxidation sites excluding steroid dienone is 8. The molecule has 1 rings (SSSR count). The predicted molar refractivity (Wildman–Crippen MR) is 253 cm³/mol. The Bertz CT molecular complexity index is 1300. The van der Waals surface area contributed by atoms with E-state index in [0.29, 0.717) is 12.8 Å². The summed E-state index contributed by atoms with van der Waals surface area (Å²) in [4.78, 5) is 35.8. The molecule has 0 aromatic carbocycles. The van der Waals surface area contributed by atoms with Gasteiger partial charge in [-0.2, -0.15) is 0 Å². The molecule has 0 bridgehead atoms. The number of esters is 2. The molecule has 0 heterocycles. The maximum absolute atomic E-state index is 12.8. The summed E-state index contributed by atoms with van der Waals surface area (Å²) in [7, 11) is -5.13. The SMILES string of the molecule is CCCCC/C=C\C/C=C\C/C=C\CCCCCCCCC(=O)OC(COC(=O)CCCCCCC/C=C\CCCCCCCCC)COP(=O)(O)OC1C(O)C(O)C(O)C(O)C1O. The standard InChI is InChI=1S/C50H89O13P/c1-3-5-7-9-11-13-15-17-19-21-22-23-25-27-29-31-33-35-37-39-44(52)62-42(41-61-64(58,59)63-50-48(56)46(54)45(53)47(55)49(50)57)40-60-43(51)38-36-34-32-30-28-26-24-20-18-16-14-12-10-8-6-4-2/h11,13,17,19-20,22-24,42,45-50,53-57H,3-10,12,14-16,18,21,25-41H2,1-2H3,(H,58,59)/b13-11-,19-17-,23-22-,24-20-. The molecule has 64 heavy (non-hydrogen) atoms. The molecule has 6 atom stereocenters. The van der Waals surface area contributed by atoms with Gasteiger partial charge in [-0.3, -0.25) is 18.6 Å².